The molecule has 106 valence electrons. The van der Waals surface area contributed by atoms with Crippen LogP contribution in [-0.4, -0.2) is 18.6 Å². The highest BCUT2D eigenvalue weighted by Gasteiger charge is 2.13. The second kappa shape index (κ2) is 7.79. The smallest absolute Gasteiger partial charge is 0.260 e. The summed E-state index contributed by atoms with van der Waals surface area (Å²) in [6.07, 6.45) is 1.33. The minimum absolute atomic E-state index is 0.0549. The van der Waals surface area contributed by atoms with Crippen LogP contribution in [0.1, 0.15) is 45.2 Å². The van der Waals surface area contributed by atoms with E-state index in [9.17, 15) is 4.79 Å². The van der Waals surface area contributed by atoms with Crippen LogP contribution < -0.4 is 15.8 Å². The molecule has 0 saturated carbocycles. The van der Waals surface area contributed by atoms with Crippen molar-refractivity contribution in [1.82, 2.24) is 5.32 Å². The molecule has 2 atom stereocenters. The maximum atomic E-state index is 11.7. The highest BCUT2D eigenvalue weighted by Crippen LogP contribution is 2.19. The number of benzene rings is 1. The van der Waals surface area contributed by atoms with Crippen molar-refractivity contribution in [3.8, 4) is 5.75 Å². The topological polar surface area (TPSA) is 64.3 Å². The molecule has 0 saturated heterocycles. The van der Waals surface area contributed by atoms with Gasteiger partial charge in [0.1, 0.15) is 5.75 Å². The van der Waals surface area contributed by atoms with Gasteiger partial charge in [0.15, 0.2) is 6.10 Å². The average molecular weight is 264 g/mol. The monoisotopic (exact) mass is 264 g/mol. The molecule has 0 radical (unpaired) electrons. The third-order valence-electron chi connectivity index (χ3n) is 2.98. The van der Waals surface area contributed by atoms with Crippen molar-refractivity contribution in [1.29, 1.82) is 0 Å². The molecule has 0 fully saturated rings. The molecule has 0 spiro atoms. The highest BCUT2D eigenvalue weighted by molar-refractivity contribution is 5.80. The summed E-state index contributed by atoms with van der Waals surface area (Å²) in [5.74, 6) is 0.599. The van der Waals surface area contributed by atoms with Crippen LogP contribution in [0, 0.1) is 0 Å². The Labute approximate surface area is 115 Å². The van der Waals surface area contributed by atoms with Crippen molar-refractivity contribution in [2.75, 3.05) is 6.54 Å². The van der Waals surface area contributed by atoms with Crippen LogP contribution in [0.25, 0.3) is 0 Å². The van der Waals surface area contributed by atoms with E-state index in [1.54, 1.807) is 6.92 Å². The molecule has 0 aromatic heterocycles. The molecule has 0 aliphatic carbocycles. The van der Waals surface area contributed by atoms with Crippen molar-refractivity contribution in [2.24, 2.45) is 5.73 Å². The van der Waals surface area contributed by atoms with Gasteiger partial charge in [-0.3, -0.25) is 4.79 Å². The first-order valence-electron chi connectivity index (χ1n) is 6.88. The van der Waals surface area contributed by atoms with E-state index in [0.29, 0.717) is 12.3 Å². The number of carbonyl (C=O) groups is 1. The first kappa shape index (κ1) is 15.5. The fourth-order valence-electron chi connectivity index (χ4n) is 1.68. The third-order valence-corrected chi connectivity index (χ3v) is 2.98. The van der Waals surface area contributed by atoms with Crippen LogP contribution in [0.5, 0.6) is 5.75 Å². The van der Waals surface area contributed by atoms with E-state index in [1.807, 2.05) is 31.2 Å². The summed E-state index contributed by atoms with van der Waals surface area (Å²) >= 11 is 0. The summed E-state index contributed by atoms with van der Waals surface area (Å²) in [5, 5.41) is 2.81. The number of nitrogens with one attached hydrogen (secondary N) is 1. The predicted octanol–water partition coefficient (Wildman–Crippen LogP) is 2.39. The van der Waals surface area contributed by atoms with Gasteiger partial charge < -0.3 is 15.8 Å². The summed E-state index contributed by atoms with van der Waals surface area (Å²) in [6, 6.07) is 7.66. The Balaban J connectivity index is 2.55. The van der Waals surface area contributed by atoms with Gasteiger partial charge in [0.05, 0.1) is 0 Å². The summed E-state index contributed by atoms with van der Waals surface area (Å²) in [4.78, 5) is 11.7. The van der Waals surface area contributed by atoms with Gasteiger partial charge in [0, 0.05) is 12.6 Å². The number of hydrogen-bond donors (Lipinski definition) is 2. The molecule has 19 heavy (non-hydrogen) atoms. The molecule has 0 heterocycles. The molecular weight excluding hydrogens is 240 g/mol. The van der Waals surface area contributed by atoms with E-state index in [-0.39, 0.29) is 11.9 Å². The fourth-order valence-corrected chi connectivity index (χ4v) is 1.68. The lowest BCUT2D eigenvalue weighted by Gasteiger charge is -2.15. The molecule has 1 aromatic carbocycles. The van der Waals surface area contributed by atoms with Crippen molar-refractivity contribution in [3.63, 3.8) is 0 Å². The molecule has 1 amide bonds. The first-order chi connectivity index (χ1) is 9.08. The molecular formula is C15H24N2O2. The van der Waals surface area contributed by atoms with Crippen molar-refractivity contribution < 1.29 is 9.53 Å². The maximum Gasteiger partial charge on any atom is 0.260 e. The number of nitrogens with two attached hydrogens (primary N) is 1. The van der Waals surface area contributed by atoms with Crippen LogP contribution in [0.4, 0.5) is 0 Å². The van der Waals surface area contributed by atoms with Crippen LogP contribution in [-0.2, 0) is 4.79 Å². The van der Waals surface area contributed by atoms with Gasteiger partial charge >= 0.3 is 0 Å². The molecule has 1 rings (SSSR count). The van der Waals surface area contributed by atoms with E-state index in [4.69, 9.17) is 10.5 Å². The molecule has 1 aromatic rings. The molecule has 3 N–H and O–H groups in total. The standard InChI is InChI=1S/C15H24N2O2/c1-4-10-17-15(18)11(3)19-13-8-6-12(7-9-13)14(16)5-2/h6-9,11,14H,4-5,10,16H2,1-3H3,(H,17,18)/t11?,14-/m0/s1. The lowest BCUT2D eigenvalue weighted by Crippen LogP contribution is -2.36. The molecule has 0 aliphatic heterocycles. The normalized spacial score (nSPS) is 13.7. The Morgan fingerprint density at radius 1 is 1.32 bits per heavy atom. The van der Waals surface area contributed by atoms with Gasteiger partial charge in [-0.15, -0.1) is 0 Å². The quantitative estimate of drug-likeness (QED) is 0.794. The number of ether oxygens (including phenoxy) is 1. The molecule has 0 bridgehead atoms. The van der Waals surface area contributed by atoms with Gasteiger partial charge in [-0.2, -0.15) is 0 Å². The lowest BCUT2D eigenvalue weighted by atomic mass is 10.1. The Morgan fingerprint density at radius 3 is 2.47 bits per heavy atom. The van der Waals surface area contributed by atoms with Crippen molar-refractivity contribution in [2.45, 2.75) is 45.8 Å². The first-order valence-corrected chi connectivity index (χ1v) is 6.88. The van der Waals surface area contributed by atoms with Gasteiger partial charge in [0.25, 0.3) is 5.91 Å². The van der Waals surface area contributed by atoms with Gasteiger partial charge in [-0.25, -0.2) is 0 Å². The molecule has 0 aliphatic rings. The summed E-state index contributed by atoms with van der Waals surface area (Å²) < 4.78 is 5.59. The number of rotatable bonds is 7. The van der Waals surface area contributed by atoms with Crippen LogP contribution in [0.3, 0.4) is 0 Å². The van der Waals surface area contributed by atoms with E-state index >= 15 is 0 Å². The molecule has 1 unspecified atom stereocenters. The zero-order valence-electron chi connectivity index (χ0n) is 12.0. The zero-order valence-corrected chi connectivity index (χ0v) is 12.0. The minimum atomic E-state index is -0.489. The van der Waals surface area contributed by atoms with Crippen LogP contribution >= 0.6 is 0 Å². The third kappa shape index (κ3) is 4.91. The summed E-state index contributed by atoms with van der Waals surface area (Å²) in [5.41, 5.74) is 7.03. The van der Waals surface area contributed by atoms with Gasteiger partial charge in [-0.05, 0) is 37.5 Å². The van der Waals surface area contributed by atoms with E-state index < -0.39 is 6.10 Å². The Hall–Kier alpha value is -1.55. The van der Waals surface area contributed by atoms with E-state index in [1.165, 1.54) is 0 Å². The van der Waals surface area contributed by atoms with Gasteiger partial charge in [-0.1, -0.05) is 26.0 Å². The minimum Gasteiger partial charge on any atom is -0.481 e. The van der Waals surface area contributed by atoms with Crippen molar-refractivity contribution in [3.05, 3.63) is 29.8 Å². The number of hydrogen-bond acceptors (Lipinski definition) is 3. The predicted molar refractivity (Wildman–Crippen MR) is 77.1 cm³/mol. The molecule has 4 heteroatoms. The average Bonchev–Trinajstić information content (AvgIpc) is 2.44. The number of carbonyl (C=O) groups excluding carboxylic acids is 1. The second-order valence-electron chi connectivity index (χ2n) is 4.63. The highest BCUT2D eigenvalue weighted by atomic mass is 16.5. The summed E-state index contributed by atoms with van der Waals surface area (Å²) in [7, 11) is 0. The van der Waals surface area contributed by atoms with E-state index in [0.717, 1.165) is 18.4 Å². The fraction of sp³-hybridized carbons (Fsp3) is 0.533. The van der Waals surface area contributed by atoms with Crippen LogP contribution in [0.2, 0.25) is 0 Å². The van der Waals surface area contributed by atoms with Crippen molar-refractivity contribution >= 4 is 5.91 Å². The largest absolute Gasteiger partial charge is 0.481 e. The SMILES string of the molecule is CCCNC(=O)C(C)Oc1ccc([C@@H](N)CC)cc1. The van der Waals surface area contributed by atoms with Crippen LogP contribution in [0.15, 0.2) is 24.3 Å². The van der Waals surface area contributed by atoms with Gasteiger partial charge in [0.2, 0.25) is 0 Å². The second-order valence-corrected chi connectivity index (χ2v) is 4.63. The number of amides is 1. The lowest BCUT2D eigenvalue weighted by molar-refractivity contribution is -0.127. The van der Waals surface area contributed by atoms with E-state index in [2.05, 4.69) is 12.2 Å². The zero-order chi connectivity index (χ0) is 14.3. The Bertz CT molecular complexity index is 390. The molecule has 4 nitrogen and oxygen atoms in total. The summed E-state index contributed by atoms with van der Waals surface area (Å²) in [6.45, 7) is 6.49. The maximum absolute atomic E-state index is 11.7. The Morgan fingerprint density at radius 2 is 1.95 bits per heavy atom. The Kier molecular flexibility index (Phi) is 6.36.